The molecule has 0 saturated heterocycles. The minimum atomic E-state index is -1.20. The summed E-state index contributed by atoms with van der Waals surface area (Å²) < 4.78 is 28.7. The quantitative estimate of drug-likeness (QED) is 0.0731. The van der Waals surface area contributed by atoms with Gasteiger partial charge in [0.15, 0.2) is 24.3 Å². The summed E-state index contributed by atoms with van der Waals surface area (Å²) in [6, 6.07) is 7.43. The van der Waals surface area contributed by atoms with E-state index in [-0.39, 0.29) is 25.4 Å². The maximum absolute atomic E-state index is 12.4. The summed E-state index contributed by atoms with van der Waals surface area (Å²) in [5.74, 6) is 0.0682. The molecule has 43 heavy (non-hydrogen) atoms. The standard InChI is InChI=1S/C28H32I2N4O9/c1-5-40-21-10-16(25-24(27(37)39-4)15(3)32-28(38)33-25)7-8-20(21)42-13-22(35)34-31-12-17-9-18(29)11-19(30)26(17)43-14-23(36)41-6-2/h7-12,22,25,34-35H,5-6,13-14H2,1-4H3,(H2,32,33,38)/b31-12+/t22-,25-/m0/s1. The molecule has 0 bridgehead atoms. The molecular formula is C28H32I2N4O9. The minimum absolute atomic E-state index is 0.191. The summed E-state index contributed by atoms with van der Waals surface area (Å²) in [5.41, 5.74) is 4.40. The molecule has 0 unspecified atom stereocenters. The predicted molar refractivity (Wildman–Crippen MR) is 173 cm³/mol. The molecule has 2 amide bonds. The molecule has 2 atom stereocenters. The van der Waals surface area contributed by atoms with Crippen LogP contribution in [0.5, 0.6) is 17.2 Å². The van der Waals surface area contributed by atoms with Crippen LogP contribution in [0.25, 0.3) is 0 Å². The number of methoxy groups -OCH3 is 1. The van der Waals surface area contributed by atoms with Crippen molar-refractivity contribution in [1.29, 1.82) is 0 Å². The molecular weight excluding hydrogens is 790 g/mol. The number of hydrazone groups is 1. The second-order valence-electron chi connectivity index (χ2n) is 8.81. The molecule has 2 aromatic carbocycles. The van der Waals surface area contributed by atoms with Crippen molar-refractivity contribution in [2.24, 2.45) is 5.10 Å². The first kappa shape index (κ1) is 34.2. The fraction of sp³-hybridized carbons (Fsp3) is 0.357. The molecule has 0 aromatic heterocycles. The number of halogens is 2. The first-order valence-electron chi connectivity index (χ1n) is 13.1. The first-order chi connectivity index (χ1) is 20.6. The lowest BCUT2D eigenvalue weighted by atomic mass is 9.95. The normalized spacial score (nSPS) is 15.3. The molecule has 0 saturated carbocycles. The van der Waals surface area contributed by atoms with E-state index in [1.54, 1.807) is 39.0 Å². The van der Waals surface area contributed by atoms with Gasteiger partial charge in [-0.25, -0.2) is 14.4 Å². The van der Waals surface area contributed by atoms with Crippen molar-refractivity contribution in [2.75, 3.05) is 33.5 Å². The highest BCUT2D eigenvalue weighted by Crippen LogP contribution is 2.35. The first-order valence-corrected chi connectivity index (χ1v) is 15.2. The van der Waals surface area contributed by atoms with Gasteiger partial charge in [-0.15, -0.1) is 0 Å². The highest BCUT2D eigenvalue weighted by Gasteiger charge is 2.32. The molecule has 15 heteroatoms. The van der Waals surface area contributed by atoms with Crippen molar-refractivity contribution < 1.29 is 43.2 Å². The second kappa shape index (κ2) is 16.5. The van der Waals surface area contributed by atoms with Gasteiger partial charge in [0.1, 0.15) is 12.4 Å². The molecule has 1 aliphatic heterocycles. The van der Waals surface area contributed by atoms with Gasteiger partial charge in [-0.05, 0) is 95.8 Å². The number of esters is 2. The molecule has 1 aliphatic rings. The Labute approximate surface area is 276 Å². The van der Waals surface area contributed by atoms with Crippen LogP contribution in [0.2, 0.25) is 0 Å². The van der Waals surface area contributed by atoms with E-state index in [4.69, 9.17) is 23.7 Å². The Morgan fingerprint density at radius 2 is 1.88 bits per heavy atom. The zero-order chi connectivity index (χ0) is 31.5. The van der Waals surface area contributed by atoms with Crippen LogP contribution in [0.1, 0.15) is 37.9 Å². The lowest BCUT2D eigenvalue weighted by molar-refractivity contribution is -0.145. The number of nitrogens with zero attached hydrogens (tertiary/aromatic N) is 1. The number of amides is 2. The zero-order valence-electron chi connectivity index (χ0n) is 23.9. The van der Waals surface area contributed by atoms with Crippen molar-refractivity contribution in [1.82, 2.24) is 16.1 Å². The van der Waals surface area contributed by atoms with Gasteiger partial charge in [0.2, 0.25) is 0 Å². The van der Waals surface area contributed by atoms with Crippen LogP contribution < -0.4 is 30.3 Å². The molecule has 3 rings (SSSR count). The van der Waals surface area contributed by atoms with Crippen molar-refractivity contribution in [3.05, 3.63) is 59.9 Å². The maximum Gasteiger partial charge on any atom is 0.344 e. The number of hydrogen-bond acceptors (Lipinski definition) is 11. The largest absolute Gasteiger partial charge is 0.490 e. The van der Waals surface area contributed by atoms with E-state index in [1.165, 1.54) is 13.3 Å². The fourth-order valence-electron chi connectivity index (χ4n) is 3.98. The summed E-state index contributed by atoms with van der Waals surface area (Å²) >= 11 is 4.26. The average Bonchev–Trinajstić information content (AvgIpc) is 2.95. The number of carbonyl (C=O) groups is 3. The molecule has 0 fully saturated rings. The van der Waals surface area contributed by atoms with Crippen molar-refractivity contribution in [3.8, 4) is 17.2 Å². The van der Waals surface area contributed by atoms with Crippen LogP contribution in [0, 0.1) is 7.14 Å². The van der Waals surface area contributed by atoms with E-state index < -0.39 is 30.2 Å². The molecule has 0 radical (unpaired) electrons. The van der Waals surface area contributed by atoms with Crippen LogP contribution in [0.15, 0.2) is 46.7 Å². The van der Waals surface area contributed by atoms with E-state index in [2.05, 4.69) is 66.3 Å². The van der Waals surface area contributed by atoms with Gasteiger partial charge in [-0.1, -0.05) is 6.07 Å². The highest BCUT2D eigenvalue weighted by atomic mass is 127. The minimum Gasteiger partial charge on any atom is -0.490 e. The number of rotatable bonds is 14. The van der Waals surface area contributed by atoms with Crippen LogP contribution >= 0.6 is 45.2 Å². The number of benzene rings is 2. The van der Waals surface area contributed by atoms with Crippen molar-refractivity contribution in [3.63, 3.8) is 0 Å². The number of carbonyl (C=O) groups excluding carboxylic acids is 3. The van der Waals surface area contributed by atoms with Crippen LogP contribution in [0.4, 0.5) is 4.79 Å². The van der Waals surface area contributed by atoms with Gasteiger partial charge in [0.05, 0.1) is 41.7 Å². The Morgan fingerprint density at radius 1 is 1.12 bits per heavy atom. The number of hydrogen-bond donors (Lipinski definition) is 4. The number of urea groups is 1. The third-order valence-corrected chi connectivity index (χ3v) is 7.20. The molecule has 2 aromatic rings. The molecule has 1 heterocycles. The van der Waals surface area contributed by atoms with Gasteiger partial charge in [0.25, 0.3) is 0 Å². The Balaban J connectivity index is 1.70. The van der Waals surface area contributed by atoms with E-state index >= 15 is 0 Å². The Kier molecular flexibility index (Phi) is 13.1. The Hall–Kier alpha value is -3.32. The lowest BCUT2D eigenvalue weighted by Crippen LogP contribution is -2.45. The molecule has 0 spiro atoms. The molecule has 4 N–H and O–H groups in total. The van der Waals surface area contributed by atoms with Crippen molar-refractivity contribution >= 4 is 69.4 Å². The van der Waals surface area contributed by atoms with Crippen molar-refractivity contribution in [2.45, 2.75) is 33.0 Å². The fourth-order valence-corrected chi connectivity index (χ4v) is 6.02. The van der Waals surface area contributed by atoms with E-state index in [9.17, 15) is 19.5 Å². The van der Waals surface area contributed by atoms with Gasteiger partial charge < -0.3 is 39.4 Å². The molecule has 232 valence electrons. The summed E-state index contributed by atoms with van der Waals surface area (Å²) in [7, 11) is 1.27. The van der Waals surface area contributed by atoms with E-state index in [0.717, 1.165) is 7.14 Å². The third-order valence-electron chi connectivity index (χ3n) is 5.78. The third kappa shape index (κ3) is 9.59. The van der Waals surface area contributed by atoms with Gasteiger partial charge in [-0.3, -0.25) is 5.43 Å². The van der Waals surface area contributed by atoms with E-state index in [0.29, 0.717) is 40.7 Å². The van der Waals surface area contributed by atoms with Crippen LogP contribution in [-0.2, 0) is 19.1 Å². The molecule has 13 nitrogen and oxygen atoms in total. The maximum atomic E-state index is 12.4. The predicted octanol–water partition coefficient (Wildman–Crippen LogP) is 3.36. The average molecular weight is 822 g/mol. The lowest BCUT2D eigenvalue weighted by Gasteiger charge is -2.28. The number of nitrogens with one attached hydrogen (secondary N) is 3. The van der Waals surface area contributed by atoms with Gasteiger partial charge >= 0.3 is 18.0 Å². The topological polar surface area (TPSA) is 166 Å². The number of aliphatic hydroxyl groups is 1. The summed E-state index contributed by atoms with van der Waals surface area (Å²) in [5, 5.41) is 19.9. The second-order valence-corrected chi connectivity index (χ2v) is 11.2. The zero-order valence-corrected chi connectivity index (χ0v) is 28.2. The summed E-state index contributed by atoms with van der Waals surface area (Å²) in [6.07, 6.45) is 0.271. The number of ether oxygens (including phenoxy) is 5. The summed E-state index contributed by atoms with van der Waals surface area (Å²) in [6.45, 7) is 5.26. The number of aliphatic hydroxyl groups excluding tert-OH is 1. The number of allylic oxidation sites excluding steroid dienone is 1. The van der Waals surface area contributed by atoms with Gasteiger partial charge in [0, 0.05) is 14.8 Å². The monoisotopic (exact) mass is 822 g/mol. The smallest absolute Gasteiger partial charge is 0.344 e. The Morgan fingerprint density at radius 3 is 2.58 bits per heavy atom. The van der Waals surface area contributed by atoms with E-state index in [1.807, 2.05) is 12.1 Å². The SMILES string of the molecule is CCOC(=O)COc1c(I)cc(I)cc1/C=N/N[C@@H](O)COc1ccc([C@@H]2NC(=O)NC(C)=C2C(=O)OC)cc1OCC. The molecule has 0 aliphatic carbocycles. The Bertz CT molecular complexity index is 1400. The highest BCUT2D eigenvalue weighted by molar-refractivity contribution is 14.1. The summed E-state index contributed by atoms with van der Waals surface area (Å²) in [4.78, 5) is 36.3. The van der Waals surface area contributed by atoms with Crippen LogP contribution in [0.3, 0.4) is 0 Å². The van der Waals surface area contributed by atoms with Crippen LogP contribution in [-0.4, -0.2) is 69.1 Å². The van der Waals surface area contributed by atoms with Gasteiger partial charge in [-0.2, -0.15) is 5.10 Å².